The van der Waals surface area contributed by atoms with Crippen LogP contribution in [0.1, 0.15) is 10.6 Å². The Kier molecular flexibility index (Phi) is 4.61. The molecule has 0 unspecified atom stereocenters. The van der Waals surface area contributed by atoms with E-state index in [0.717, 1.165) is 0 Å². The number of alkyl halides is 2. The summed E-state index contributed by atoms with van der Waals surface area (Å²) in [5.74, 6) is -0.378. The lowest BCUT2D eigenvalue weighted by Crippen LogP contribution is -2.28. The molecule has 0 aliphatic carbocycles. The number of amides is 1. The number of rotatable bonds is 6. The molecule has 6 nitrogen and oxygen atoms in total. The molecule has 0 atom stereocenters. The van der Waals surface area contributed by atoms with Gasteiger partial charge < -0.3 is 10.1 Å². The normalized spacial score (nSPS) is 10.6. The summed E-state index contributed by atoms with van der Waals surface area (Å²) >= 11 is 0. The number of nitrogens with one attached hydrogen (secondary N) is 2. The fourth-order valence-corrected chi connectivity index (χ4v) is 0.808. The van der Waals surface area contributed by atoms with E-state index < -0.39 is 18.9 Å². The number of carbonyl (C=O) groups is 1. The zero-order chi connectivity index (χ0) is 11.1. The predicted octanol–water partition coefficient (Wildman–Crippen LogP) is -0.184. The van der Waals surface area contributed by atoms with E-state index in [1.165, 1.54) is 6.33 Å². The van der Waals surface area contributed by atoms with Crippen molar-refractivity contribution in [3.05, 3.63) is 12.2 Å². The van der Waals surface area contributed by atoms with Gasteiger partial charge in [0, 0.05) is 6.54 Å². The fraction of sp³-hybridized carbons (Fsp3) is 0.571. The summed E-state index contributed by atoms with van der Waals surface area (Å²) in [4.78, 5) is 14.8. The highest BCUT2D eigenvalue weighted by Gasteiger charge is 2.07. The van der Waals surface area contributed by atoms with Crippen LogP contribution >= 0.6 is 0 Å². The number of carbonyl (C=O) groups excluding carboxylic acids is 1. The molecule has 2 N–H and O–H groups in total. The average molecular weight is 220 g/mol. The van der Waals surface area contributed by atoms with E-state index in [4.69, 9.17) is 0 Å². The summed E-state index contributed by atoms with van der Waals surface area (Å²) in [5.41, 5.74) is 0. The van der Waals surface area contributed by atoms with Crippen LogP contribution in [0.4, 0.5) is 8.78 Å². The third-order valence-corrected chi connectivity index (χ3v) is 1.41. The van der Waals surface area contributed by atoms with Crippen LogP contribution in [0.5, 0.6) is 0 Å². The quantitative estimate of drug-likeness (QED) is 0.651. The highest BCUT2D eigenvalue weighted by molar-refractivity contribution is 5.90. The largest absolute Gasteiger partial charge is 0.374 e. The first kappa shape index (κ1) is 11.5. The van der Waals surface area contributed by atoms with Gasteiger partial charge in [0.1, 0.15) is 12.9 Å². The van der Waals surface area contributed by atoms with Crippen LogP contribution in [0, 0.1) is 0 Å². The van der Waals surface area contributed by atoms with Gasteiger partial charge in [-0.25, -0.2) is 13.8 Å². The number of hydrogen-bond donors (Lipinski definition) is 2. The van der Waals surface area contributed by atoms with Gasteiger partial charge in [-0.1, -0.05) is 0 Å². The standard InChI is InChI=1S/C7H10F2N4O2/c8-5(9)3-15-2-1-10-7(14)6-11-4-12-13-6/h4-5H,1-3H2,(H,10,14)(H,11,12,13). The number of hydrogen-bond acceptors (Lipinski definition) is 4. The van der Waals surface area contributed by atoms with Crippen molar-refractivity contribution in [3.63, 3.8) is 0 Å². The summed E-state index contributed by atoms with van der Waals surface area (Å²) in [6, 6.07) is 0. The van der Waals surface area contributed by atoms with Gasteiger partial charge in [0.15, 0.2) is 0 Å². The molecule has 15 heavy (non-hydrogen) atoms. The van der Waals surface area contributed by atoms with E-state index >= 15 is 0 Å². The van der Waals surface area contributed by atoms with Crippen molar-refractivity contribution in [1.82, 2.24) is 20.5 Å². The van der Waals surface area contributed by atoms with Gasteiger partial charge >= 0.3 is 0 Å². The van der Waals surface area contributed by atoms with Crippen molar-refractivity contribution in [2.24, 2.45) is 0 Å². The van der Waals surface area contributed by atoms with Gasteiger partial charge in [-0.15, -0.1) is 0 Å². The zero-order valence-corrected chi connectivity index (χ0v) is 7.74. The van der Waals surface area contributed by atoms with Crippen LogP contribution in [0.3, 0.4) is 0 Å². The molecule has 1 aromatic rings. The zero-order valence-electron chi connectivity index (χ0n) is 7.74. The molecule has 1 rings (SSSR count). The Balaban J connectivity index is 2.08. The second-order valence-corrected chi connectivity index (χ2v) is 2.56. The molecule has 0 saturated carbocycles. The molecule has 0 fully saturated rings. The first-order chi connectivity index (χ1) is 7.20. The Morgan fingerprint density at radius 2 is 2.47 bits per heavy atom. The lowest BCUT2D eigenvalue weighted by atomic mass is 10.5. The summed E-state index contributed by atoms with van der Waals surface area (Å²) in [6.45, 7) is -0.450. The van der Waals surface area contributed by atoms with E-state index in [9.17, 15) is 13.6 Å². The average Bonchev–Trinajstić information content (AvgIpc) is 2.69. The Labute approximate surface area is 84.0 Å². The smallest absolute Gasteiger partial charge is 0.288 e. The third kappa shape index (κ3) is 4.45. The van der Waals surface area contributed by atoms with Crippen LogP contribution in [-0.4, -0.2) is 47.3 Å². The van der Waals surface area contributed by atoms with E-state index in [2.05, 4.69) is 25.2 Å². The SMILES string of the molecule is O=C(NCCOCC(F)F)c1ncn[nH]1. The molecule has 0 spiro atoms. The first-order valence-corrected chi connectivity index (χ1v) is 4.19. The minimum Gasteiger partial charge on any atom is -0.374 e. The highest BCUT2D eigenvalue weighted by Crippen LogP contribution is 1.91. The summed E-state index contributed by atoms with van der Waals surface area (Å²) in [5, 5.41) is 8.26. The van der Waals surface area contributed by atoms with E-state index in [1.54, 1.807) is 0 Å². The molecule has 0 aliphatic rings. The minimum atomic E-state index is -2.49. The molecule has 8 heteroatoms. The first-order valence-electron chi connectivity index (χ1n) is 4.19. The maximum atomic E-state index is 11.6. The molecule has 1 aromatic heterocycles. The molecule has 0 aliphatic heterocycles. The molecular formula is C7H10F2N4O2. The van der Waals surface area contributed by atoms with Crippen molar-refractivity contribution >= 4 is 5.91 Å². The molecule has 0 bridgehead atoms. The van der Waals surface area contributed by atoms with Gasteiger partial charge in [-0.2, -0.15) is 5.10 Å². The number of aromatic nitrogens is 3. The van der Waals surface area contributed by atoms with Crippen LogP contribution in [0.2, 0.25) is 0 Å². The van der Waals surface area contributed by atoms with Crippen LogP contribution in [0.15, 0.2) is 6.33 Å². The number of H-pyrrole nitrogens is 1. The Hall–Kier alpha value is -1.57. The summed E-state index contributed by atoms with van der Waals surface area (Å²) in [7, 11) is 0. The second kappa shape index (κ2) is 6.02. The Morgan fingerprint density at radius 1 is 1.67 bits per heavy atom. The molecule has 1 amide bonds. The Bertz CT molecular complexity index is 291. The third-order valence-electron chi connectivity index (χ3n) is 1.41. The van der Waals surface area contributed by atoms with Crippen molar-refractivity contribution in [2.45, 2.75) is 6.43 Å². The lowest BCUT2D eigenvalue weighted by molar-refractivity contribution is 0.0188. The van der Waals surface area contributed by atoms with Gasteiger partial charge in [-0.05, 0) is 0 Å². The Morgan fingerprint density at radius 3 is 3.07 bits per heavy atom. The number of aromatic amines is 1. The molecular weight excluding hydrogens is 210 g/mol. The van der Waals surface area contributed by atoms with E-state index in [0.29, 0.717) is 0 Å². The number of halogens is 2. The maximum Gasteiger partial charge on any atom is 0.288 e. The van der Waals surface area contributed by atoms with Gasteiger partial charge in [0.2, 0.25) is 5.82 Å². The second-order valence-electron chi connectivity index (χ2n) is 2.56. The van der Waals surface area contributed by atoms with E-state index in [1.807, 2.05) is 0 Å². The fourth-order valence-electron chi connectivity index (χ4n) is 0.808. The maximum absolute atomic E-state index is 11.6. The molecule has 0 saturated heterocycles. The van der Waals surface area contributed by atoms with E-state index in [-0.39, 0.29) is 19.0 Å². The predicted molar refractivity (Wildman–Crippen MR) is 45.5 cm³/mol. The van der Waals surface area contributed by atoms with Crippen LogP contribution < -0.4 is 5.32 Å². The van der Waals surface area contributed by atoms with Gasteiger partial charge in [0.05, 0.1) is 6.61 Å². The lowest BCUT2D eigenvalue weighted by Gasteiger charge is -2.04. The van der Waals surface area contributed by atoms with Crippen molar-refractivity contribution in [3.8, 4) is 0 Å². The van der Waals surface area contributed by atoms with Gasteiger partial charge in [-0.3, -0.25) is 9.89 Å². The van der Waals surface area contributed by atoms with Crippen LogP contribution in [0.25, 0.3) is 0 Å². The number of ether oxygens (including phenoxy) is 1. The molecule has 0 radical (unpaired) electrons. The topological polar surface area (TPSA) is 79.9 Å². The molecule has 1 heterocycles. The molecule has 0 aromatic carbocycles. The summed E-state index contributed by atoms with van der Waals surface area (Å²) < 4.78 is 27.8. The van der Waals surface area contributed by atoms with Crippen LogP contribution in [-0.2, 0) is 4.74 Å². The summed E-state index contributed by atoms with van der Waals surface area (Å²) in [6.07, 6.45) is -1.29. The van der Waals surface area contributed by atoms with Crippen molar-refractivity contribution < 1.29 is 18.3 Å². The monoisotopic (exact) mass is 220 g/mol. The van der Waals surface area contributed by atoms with Crippen molar-refractivity contribution in [1.29, 1.82) is 0 Å². The van der Waals surface area contributed by atoms with Gasteiger partial charge in [0.25, 0.3) is 12.3 Å². The molecule has 84 valence electrons. The van der Waals surface area contributed by atoms with Crippen molar-refractivity contribution in [2.75, 3.05) is 19.8 Å². The minimum absolute atomic E-state index is 0.0320. The highest BCUT2D eigenvalue weighted by atomic mass is 19.3. The number of nitrogens with zero attached hydrogens (tertiary/aromatic N) is 2.